The summed E-state index contributed by atoms with van der Waals surface area (Å²) in [5.74, 6) is 0.742. The van der Waals surface area contributed by atoms with Crippen LogP contribution in [0, 0.1) is 10.1 Å². The molecule has 0 amide bonds. The number of nitro benzene ring substituents is 1. The molecule has 6 heteroatoms. The van der Waals surface area contributed by atoms with Crippen molar-refractivity contribution in [1.82, 2.24) is 5.32 Å². The Morgan fingerprint density at radius 2 is 2.26 bits per heavy atom. The molecule has 1 aromatic carbocycles. The van der Waals surface area contributed by atoms with Crippen LogP contribution in [0.5, 0.6) is 11.5 Å². The number of nitrogens with one attached hydrogen (secondary N) is 1. The number of rotatable bonds is 8. The zero-order valence-electron chi connectivity index (χ0n) is 10.9. The first-order valence-electron chi connectivity index (χ1n) is 6.39. The highest BCUT2D eigenvalue weighted by molar-refractivity contribution is 5.50. The summed E-state index contributed by atoms with van der Waals surface area (Å²) in [6.07, 6.45) is 3.34. The van der Waals surface area contributed by atoms with Crippen molar-refractivity contribution in [2.45, 2.75) is 25.3 Å². The average molecular weight is 266 g/mol. The van der Waals surface area contributed by atoms with Crippen molar-refractivity contribution in [3.63, 3.8) is 0 Å². The van der Waals surface area contributed by atoms with Gasteiger partial charge in [-0.3, -0.25) is 10.1 Å². The van der Waals surface area contributed by atoms with E-state index in [1.807, 2.05) is 0 Å². The topological polar surface area (TPSA) is 73.6 Å². The molecule has 0 heterocycles. The molecule has 0 bridgehead atoms. The van der Waals surface area contributed by atoms with E-state index in [1.165, 1.54) is 26.0 Å². The van der Waals surface area contributed by atoms with Crippen LogP contribution in [0.2, 0.25) is 0 Å². The Kier molecular flexibility index (Phi) is 4.57. The summed E-state index contributed by atoms with van der Waals surface area (Å²) in [5.41, 5.74) is -0.0606. The van der Waals surface area contributed by atoms with Crippen molar-refractivity contribution in [3.05, 3.63) is 28.3 Å². The van der Waals surface area contributed by atoms with Gasteiger partial charge in [0.1, 0.15) is 5.75 Å². The third-order valence-electron chi connectivity index (χ3n) is 2.95. The number of methoxy groups -OCH3 is 1. The van der Waals surface area contributed by atoms with Gasteiger partial charge < -0.3 is 14.8 Å². The Balaban J connectivity index is 1.85. The largest absolute Gasteiger partial charge is 0.496 e. The standard InChI is InChI=1S/C13H18N2O4/c1-18-11-5-6-13(12(9-11)15(16)17)19-8-2-7-14-10-3-4-10/h5-6,9-10,14H,2-4,7-8H2,1H3. The van der Waals surface area contributed by atoms with E-state index in [9.17, 15) is 10.1 Å². The highest BCUT2D eigenvalue weighted by Crippen LogP contribution is 2.31. The van der Waals surface area contributed by atoms with Crippen LogP contribution in [-0.2, 0) is 0 Å². The quantitative estimate of drug-likeness (QED) is 0.443. The molecule has 0 aromatic heterocycles. The van der Waals surface area contributed by atoms with Crippen molar-refractivity contribution < 1.29 is 14.4 Å². The van der Waals surface area contributed by atoms with Gasteiger partial charge >= 0.3 is 5.69 Å². The minimum absolute atomic E-state index is 0.0606. The molecule has 0 aliphatic heterocycles. The lowest BCUT2D eigenvalue weighted by atomic mass is 10.3. The molecular weight excluding hydrogens is 248 g/mol. The van der Waals surface area contributed by atoms with E-state index in [0.717, 1.165) is 13.0 Å². The number of ether oxygens (including phenoxy) is 2. The maximum Gasteiger partial charge on any atom is 0.314 e. The summed E-state index contributed by atoms with van der Waals surface area (Å²) in [6.45, 7) is 1.35. The van der Waals surface area contributed by atoms with Gasteiger partial charge in [-0.2, -0.15) is 0 Å². The molecule has 1 aromatic rings. The molecular formula is C13H18N2O4. The van der Waals surface area contributed by atoms with Gasteiger partial charge in [-0.1, -0.05) is 0 Å². The summed E-state index contributed by atoms with van der Waals surface area (Å²) in [5, 5.41) is 14.3. The Labute approximate surface area is 111 Å². The van der Waals surface area contributed by atoms with Crippen molar-refractivity contribution >= 4 is 5.69 Å². The van der Waals surface area contributed by atoms with Crippen LogP contribution < -0.4 is 14.8 Å². The normalized spacial score (nSPS) is 14.2. The summed E-state index contributed by atoms with van der Waals surface area (Å²) >= 11 is 0. The Hall–Kier alpha value is -1.82. The summed E-state index contributed by atoms with van der Waals surface area (Å²) in [4.78, 5) is 10.5. The fourth-order valence-corrected chi connectivity index (χ4v) is 1.74. The molecule has 0 spiro atoms. The summed E-state index contributed by atoms with van der Waals surface area (Å²) < 4.78 is 10.4. The van der Waals surface area contributed by atoms with Gasteiger partial charge in [0.25, 0.3) is 0 Å². The maximum absolute atomic E-state index is 10.9. The van der Waals surface area contributed by atoms with Crippen LogP contribution in [-0.4, -0.2) is 31.2 Å². The van der Waals surface area contributed by atoms with Crippen molar-refractivity contribution in [2.24, 2.45) is 0 Å². The van der Waals surface area contributed by atoms with Crippen LogP contribution in [0.15, 0.2) is 18.2 Å². The average Bonchev–Trinajstić information content (AvgIpc) is 3.22. The Morgan fingerprint density at radius 1 is 1.47 bits per heavy atom. The fourth-order valence-electron chi connectivity index (χ4n) is 1.74. The van der Waals surface area contributed by atoms with E-state index in [2.05, 4.69) is 5.32 Å². The molecule has 1 saturated carbocycles. The molecule has 1 aliphatic rings. The van der Waals surface area contributed by atoms with E-state index in [-0.39, 0.29) is 11.4 Å². The number of nitrogens with zero attached hydrogens (tertiary/aromatic N) is 1. The smallest absolute Gasteiger partial charge is 0.314 e. The van der Waals surface area contributed by atoms with Crippen molar-refractivity contribution in [2.75, 3.05) is 20.3 Å². The second-order valence-electron chi connectivity index (χ2n) is 4.52. The molecule has 19 heavy (non-hydrogen) atoms. The minimum atomic E-state index is -0.458. The number of hydrogen-bond donors (Lipinski definition) is 1. The molecule has 0 saturated heterocycles. The van der Waals surface area contributed by atoms with E-state index in [1.54, 1.807) is 12.1 Å². The van der Waals surface area contributed by atoms with Crippen molar-refractivity contribution in [3.8, 4) is 11.5 Å². The second-order valence-corrected chi connectivity index (χ2v) is 4.52. The predicted molar refractivity (Wildman–Crippen MR) is 70.8 cm³/mol. The van der Waals surface area contributed by atoms with E-state index in [0.29, 0.717) is 18.4 Å². The zero-order valence-corrected chi connectivity index (χ0v) is 10.9. The first-order chi connectivity index (χ1) is 9.20. The van der Waals surface area contributed by atoms with E-state index < -0.39 is 4.92 Å². The highest BCUT2D eigenvalue weighted by atomic mass is 16.6. The lowest BCUT2D eigenvalue weighted by Crippen LogP contribution is -2.19. The molecule has 2 rings (SSSR count). The van der Waals surface area contributed by atoms with Crippen LogP contribution >= 0.6 is 0 Å². The molecule has 0 radical (unpaired) electrons. The highest BCUT2D eigenvalue weighted by Gasteiger charge is 2.20. The minimum Gasteiger partial charge on any atom is -0.496 e. The van der Waals surface area contributed by atoms with Gasteiger partial charge in [0.2, 0.25) is 0 Å². The summed E-state index contributed by atoms with van der Waals surface area (Å²) in [7, 11) is 1.48. The van der Waals surface area contributed by atoms with Crippen LogP contribution in [0.4, 0.5) is 5.69 Å². The number of benzene rings is 1. The molecule has 1 aliphatic carbocycles. The van der Waals surface area contributed by atoms with Crippen molar-refractivity contribution in [1.29, 1.82) is 0 Å². The van der Waals surface area contributed by atoms with Gasteiger partial charge in [-0.05, 0) is 37.9 Å². The van der Waals surface area contributed by atoms with Gasteiger partial charge in [-0.15, -0.1) is 0 Å². The van der Waals surface area contributed by atoms with Crippen LogP contribution in [0.25, 0.3) is 0 Å². The SMILES string of the molecule is COc1ccc(OCCCNC2CC2)c([N+](=O)[O-])c1. The maximum atomic E-state index is 10.9. The molecule has 0 unspecified atom stereocenters. The van der Waals surface area contributed by atoms with E-state index in [4.69, 9.17) is 9.47 Å². The third-order valence-corrected chi connectivity index (χ3v) is 2.95. The third kappa shape index (κ3) is 4.10. The van der Waals surface area contributed by atoms with Gasteiger partial charge in [-0.25, -0.2) is 0 Å². The molecule has 104 valence electrons. The van der Waals surface area contributed by atoms with Crippen LogP contribution in [0.1, 0.15) is 19.3 Å². The molecule has 0 atom stereocenters. The molecule has 1 N–H and O–H groups in total. The zero-order chi connectivity index (χ0) is 13.7. The predicted octanol–water partition coefficient (Wildman–Crippen LogP) is 2.12. The van der Waals surface area contributed by atoms with Gasteiger partial charge in [0.05, 0.1) is 24.7 Å². The second kappa shape index (κ2) is 6.38. The Morgan fingerprint density at radius 3 is 2.89 bits per heavy atom. The molecule has 1 fully saturated rings. The van der Waals surface area contributed by atoms with Crippen LogP contribution in [0.3, 0.4) is 0 Å². The first-order valence-corrected chi connectivity index (χ1v) is 6.39. The lowest BCUT2D eigenvalue weighted by molar-refractivity contribution is -0.385. The lowest BCUT2D eigenvalue weighted by Gasteiger charge is -2.08. The Bertz CT molecular complexity index is 446. The van der Waals surface area contributed by atoms with E-state index >= 15 is 0 Å². The summed E-state index contributed by atoms with van der Waals surface area (Å²) in [6, 6.07) is 5.28. The number of hydrogen-bond acceptors (Lipinski definition) is 5. The monoisotopic (exact) mass is 266 g/mol. The molecule has 6 nitrogen and oxygen atoms in total. The first kappa shape index (κ1) is 13.6. The number of nitro groups is 1. The fraction of sp³-hybridized carbons (Fsp3) is 0.538. The van der Waals surface area contributed by atoms with Gasteiger partial charge in [0.15, 0.2) is 5.75 Å². The van der Waals surface area contributed by atoms with Gasteiger partial charge in [0, 0.05) is 6.04 Å².